The van der Waals surface area contributed by atoms with Crippen LogP contribution in [-0.2, 0) is 0 Å². The van der Waals surface area contributed by atoms with Crippen molar-refractivity contribution < 1.29 is 0 Å². The van der Waals surface area contributed by atoms with Gasteiger partial charge >= 0.3 is 0 Å². The van der Waals surface area contributed by atoms with Gasteiger partial charge in [-0.25, -0.2) is 0 Å². The fourth-order valence-electron chi connectivity index (χ4n) is 2.31. The highest BCUT2D eigenvalue weighted by molar-refractivity contribution is 5.44. The molecule has 6 heteroatoms. The minimum absolute atomic E-state index is 0.669. The molecule has 0 spiro atoms. The van der Waals surface area contributed by atoms with Crippen molar-refractivity contribution in [1.82, 2.24) is 15.0 Å². The van der Waals surface area contributed by atoms with Crippen molar-refractivity contribution in [2.45, 2.75) is 46.0 Å². The quantitative estimate of drug-likeness (QED) is 0.712. The van der Waals surface area contributed by atoms with Gasteiger partial charge in [0.15, 0.2) is 0 Å². The molecule has 1 aliphatic rings. The first-order valence-corrected chi connectivity index (χ1v) is 7.82. The number of aromatic nitrogens is 3. The molecule has 2 rings (SSSR count). The Kier molecular flexibility index (Phi) is 5.83. The van der Waals surface area contributed by atoms with Crippen LogP contribution < -0.4 is 15.5 Å². The molecule has 0 saturated carbocycles. The Bertz CT molecular complexity index is 403. The maximum atomic E-state index is 4.55. The predicted octanol–water partition coefficient (Wildman–Crippen LogP) is 2.51. The topological polar surface area (TPSA) is 66.0 Å². The molecule has 0 unspecified atom stereocenters. The van der Waals surface area contributed by atoms with Gasteiger partial charge in [-0.3, -0.25) is 0 Å². The Morgan fingerprint density at radius 1 is 0.950 bits per heavy atom. The largest absolute Gasteiger partial charge is 0.354 e. The molecule has 0 amide bonds. The van der Waals surface area contributed by atoms with Gasteiger partial charge in [-0.05, 0) is 26.2 Å². The Morgan fingerprint density at radius 3 is 2.30 bits per heavy atom. The summed E-state index contributed by atoms with van der Waals surface area (Å²) in [4.78, 5) is 15.7. The molecule has 1 fully saturated rings. The molecule has 20 heavy (non-hydrogen) atoms. The smallest absolute Gasteiger partial charge is 0.231 e. The number of hydrogen-bond donors (Lipinski definition) is 2. The van der Waals surface area contributed by atoms with Crippen LogP contribution in [0.2, 0.25) is 0 Å². The molecule has 6 nitrogen and oxygen atoms in total. The molecule has 0 aromatic carbocycles. The lowest BCUT2D eigenvalue weighted by atomic mass is 10.2. The van der Waals surface area contributed by atoms with Crippen LogP contribution >= 0.6 is 0 Å². The molecular formula is C14H26N6. The van der Waals surface area contributed by atoms with E-state index in [2.05, 4.69) is 37.4 Å². The molecule has 2 N–H and O–H groups in total. The van der Waals surface area contributed by atoms with Gasteiger partial charge in [0.25, 0.3) is 0 Å². The van der Waals surface area contributed by atoms with Gasteiger partial charge in [0.05, 0.1) is 0 Å². The Hall–Kier alpha value is -1.59. The van der Waals surface area contributed by atoms with E-state index < -0.39 is 0 Å². The molecule has 2 heterocycles. The third-order valence-corrected chi connectivity index (χ3v) is 3.41. The lowest BCUT2D eigenvalue weighted by molar-refractivity contribution is 0.739. The normalized spacial score (nSPS) is 14.6. The van der Waals surface area contributed by atoms with Crippen molar-refractivity contribution in [1.29, 1.82) is 0 Å². The molecule has 0 aliphatic carbocycles. The highest BCUT2D eigenvalue weighted by atomic mass is 15.3. The Labute approximate surface area is 121 Å². The van der Waals surface area contributed by atoms with Crippen LogP contribution in [0.15, 0.2) is 0 Å². The molecule has 1 aromatic heterocycles. The number of anilines is 3. The van der Waals surface area contributed by atoms with Gasteiger partial charge in [0, 0.05) is 26.2 Å². The zero-order valence-corrected chi connectivity index (χ0v) is 12.7. The maximum absolute atomic E-state index is 4.55. The summed E-state index contributed by atoms with van der Waals surface area (Å²) in [6.07, 6.45) is 6.05. The van der Waals surface area contributed by atoms with E-state index in [1.165, 1.54) is 25.7 Å². The van der Waals surface area contributed by atoms with Crippen LogP contribution in [0.4, 0.5) is 17.8 Å². The van der Waals surface area contributed by atoms with E-state index in [1.54, 1.807) is 0 Å². The number of unbranched alkanes of at least 4 members (excludes halogenated alkanes) is 2. The minimum atomic E-state index is 0.669. The number of nitrogens with one attached hydrogen (secondary N) is 2. The maximum Gasteiger partial charge on any atom is 0.231 e. The van der Waals surface area contributed by atoms with Crippen LogP contribution in [0, 0.1) is 0 Å². The summed E-state index contributed by atoms with van der Waals surface area (Å²) in [6.45, 7) is 8.09. The molecule has 0 radical (unpaired) electrons. The van der Waals surface area contributed by atoms with Crippen molar-refractivity contribution in [3.63, 3.8) is 0 Å². The summed E-state index contributed by atoms with van der Waals surface area (Å²) >= 11 is 0. The first-order valence-electron chi connectivity index (χ1n) is 7.82. The van der Waals surface area contributed by atoms with E-state index in [1.807, 2.05) is 6.92 Å². The number of nitrogens with zero attached hydrogens (tertiary/aromatic N) is 4. The predicted molar refractivity (Wildman–Crippen MR) is 83.5 cm³/mol. The molecule has 112 valence electrons. The molecule has 0 atom stereocenters. The minimum Gasteiger partial charge on any atom is -0.354 e. The fraction of sp³-hybridized carbons (Fsp3) is 0.786. The van der Waals surface area contributed by atoms with Crippen molar-refractivity contribution >= 4 is 17.8 Å². The van der Waals surface area contributed by atoms with E-state index in [4.69, 9.17) is 0 Å². The lowest BCUT2D eigenvalue weighted by Gasteiger charge is -2.17. The second kappa shape index (κ2) is 7.87. The van der Waals surface area contributed by atoms with Gasteiger partial charge in [-0.1, -0.05) is 19.8 Å². The summed E-state index contributed by atoms with van der Waals surface area (Å²) in [7, 11) is 0. The van der Waals surface area contributed by atoms with Crippen LogP contribution in [0.5, 0.6) is 0 Å². The second-order valence-electron chi connectivity index (χ2n) is 5.14. The first kappa shape index (κ1) is 14.8. The third kappa shape index (κ3) is 4.21. The lowest BCUT2D eigenvalue weighted by Crippen LogP contribution is -2.22. The summed E-state index contributed by atoms with van der Waals surface area (Å²) in [5.74, 6) is 2.16. The highest BCUT2D eigenvalue weighted by Crippen LogP contribution is 2.18. The van der Waals surface area contributed by atoms with Gasteiger partial charge in [0.1, 0.15) is 0 Å². The monoisotopic (exact) mass is 278 g/mol. The molecule has 1 saturated heterocycles. The van der Waals surface area contributed by atoms with Crippen LogP contribution in [0.3, 0.4) is 0 Å². The van der Waals surface area contributed by atoms with E-state index >= 15 is 0 Å². The van der Waals surface area contributed by atoms with E-state index in [9.17, 15) is 0 Å². The van der Waals surface area contributed by atoms with Crippen molar-refractivity contribution in [2.24, 2.45) is 0 Å². The van der Waals surface area contributed by atoms with E-state index in [0.717, 1.165) is 38.5 Å². The van der Waals surface area contributed by atoms with Crippen molar-refractivity contribution in [2.75, 3.05) is 41.7 Å². The van der Waals surface area contributed by atoms with E-state index in [-0.39, 0.29) is 0 Å². The number of hydrogen-bond acceptors (Lipinski definition) is 6. The van der Waals surface area contributed by atoms with Crippen LogP contribution in [0.1, 0.15) is 46.0 Å². The van der Waals surface area contributed by atoms with Crippen molar-refractivity contribution in [3.8, 4) is 0 Å². The third-order valence-electron chi connectivity index (χ3n) is 3.41. The second-order valence-corrected chi connectivity index (χ2v) is 5.14. The summed E-state index contributed by atoms with van der Waals surface area (Å²) in [5.41, 5.74) is 0. The summed E-state index contributed by atoms with van der Waals surface area (Å²) in [5, 5.41) is 6.50. The van der Waals surface area contributed by atoms with E-state index in [0.29, 0.717) is 11.9 Å². The highest BCUT2D eigenvalue weighted by Gasteiger charge is 2.17. The standard InChI is InChI=1S/C14H26N6/c1-3-5-6-9-16-13-17-12(15-4-2)18-14(19-13)20-10-7-8-11-20/h3-11H2,1-2H3,(H2,15,16,17,18,19). The van der Waals surface area contributed by atoms with Crippen molar-refractivity contribution in [3.05, 3.63) is 0 Å². The fourth-order valence-corrected chi connectivity index (χ4v) is 2.31. The first-order chi connectivity index (χ1) is 9.83. The molecule has 0 bridgehead atoms. The van der Waals surface area contributed by atoms with Crippen LogP contribution in [-0.4, -0.2) is 41.1 Å². The molecular weight excluding hydrogens is 252 g/mol. The molecule has 1 aliphatic heterocycles. The van der Waals surface area contributed by atoms with Gasteiger partial charge in [-0.15, -0.1) is 0 Å². The zero-order chi connectivity index (χ0) is 14.2. The summed E-state index contributed by atoms with van der Waals surface area (Å²) < 4.78 is 0. The average Bonchev–Trinajstić information content (AvgIpc) is 2.98. The Morgan fingerprint density at radius 2 is 1.65 bits per heavy atom. The SMILES string of the molecule is CCCCCNc1nc(NCC)nc(N2CCCC2)n1. The number of rotatable bonds is 8. The zero-order valence-electron chi connectivity index (χ0n) is 12.7. The summed E-state index contributed by atoms with van der Waals surface area (Å²) in [6, 6.07) is 0. The van der Waals surface area contributed by atoms with Gasteiger partial charge in [0.2, 0.25) is 17.8 Å². The average molecular weight is 278 g/mol. The molecule has 1 aromatic rings. The van der Waals surface area contributed by atoms with Gasteiger partial charge < -0.3 is 15.5 Å². The van der Waals surface area contributed by atoms with Gasteiger partial charge in [-0.2, -0.15) is 15.0 Å². The van der Waals surface area contributed by atoms with Crippen LogP contribution in [0.25, 0.3) is 0 Å². The Balaban J connectivity index is 2.04.